The minimum absolute atomic E-state index is 0.142. The summed E-state index contributed by atoms with van der Waals surface area (Å²) in [4.78, 5) is 32.2. The zero-order valence-electron chi connectivity index (χ0n) is 18.0. The molecule has 2 atom stereocenters. The topological polar surface area (TPSA) is 70.5 Å². The van der Waals surface area contributed by atoms with E-state index in [0.717, 1.165) is 17.9 Å². The summed E-state index contributed by atoms with van der Waals surface area (Å²) in [6.45, 7) is 1.76. The molecule has 2 fully saturated rings. The molecule has 0 spiro atoms. The van der Waals surface area contributed by atoms with Crippen LogP contribution in [-0.2, 0) is 6.42 Å². The number of fused-ring (bicyclic) bond motifs is 1. The molecule has 1 aliphatic heterocycles. The lowest BCUT2D eigenvalue weighted by Crippen LogP contribution is -2.57. The van der Waals surface area contributed by atoms with Crippen molar-refractivity contribution >= 4 is 27.5 Å². The Labute approximate surface area is 193 Å². The fourth-order valence-electron chi connectivity index (χ4n) is 4.98. The van der Waals surface area contributed by atoms with E-state index in [9.17, 15) is 14.0 Å². The van der Waals surface area contributed by atoms with Gasteiger partial charge in [-0.2, -0.15) is 4.52 Å². The van der Waals surface area contributed by atoms with Gasteiger partial charge in [-0.3, -0.25) is 19.1 Å². The van der Waals surface area contributed by atoms with Crippen LogP contribution < -0.4 is 5.56 Å². The molecular formula is C24H26BrFN4O2. The van der Waals surface area contributed by atoms with E-state index in [4.69, 9.17) is 0 Å². The average Bonchev–Trinajstić information content (AvgIpc) is 3.40. The molecule has 3 heterocycles. The van der Waals surface area contributed by atoms with Crippen LogP contribution >= 0.6 is 15.9 Å². The molecule has 2 aliphatic rings. The van der Waals surface area contributed by atoms with E-state index in [0.29, 0.717) is 22.4 Å². The zero-order valence-corrected chi connectivity index (χ0v) is 19.6. The highest BCUT2D eigenvalue weighted by atomic mass is 79.9. The summed E-state index contributed by atoms with van der Waals surface area (Å²) in [6, 6.07) is 9.49. The minimum Gasteiger partial charge on any atom is -0.335 e. The smallest absolute Gasteiger partial charge is 0.273 e. The van der Waals surface area contributed by atoms with Gasteiger partial charge in [0.2, 0.25) is 0 Å². The summed E-state index contributed by atoms with van der Waals surface area (Å²) in [5.74, 6) is 0.368. The molecule has 0 bridgehead atoms. The number of likely N-dealkylation sites (tertiary alicyclic amines) is 1. The van der Waals surface area contributed by atoms with Crippen LogP contribution in [0, 0.1) is 11.8 Å². The highest BCUT2D eigenvalue weighted by Gasteiger charge is 2.40. The van der Waals surface area contributed by atoms with Gasteiger partial charge in [-0.25, -0.2) is 4.98 Å². The molecule has 6 nitrogen and oxygen atoms in total. The van der Waals surface area contributed by atoms with Gasteiger partial charge < -0.3 is 4.90 Å². The van der Waals surface area contributed by atoms with Gasteiger partial charge in [0.25, 0.3) is 11.5 Å². The molecule has 1 aliphatic carbocycles. The quantitative estimate of drug-likeness (QED) is 0.555. The largest absolute Gasteiger partial charge is 0.335 e. The Kier molecular flexibility index (Phi) is 5.65. The van der Waals surface area contributed by atoms with Gasteiger partial charge in [-0.1, -0.05) is 49.9 Å². The molecule has 1 saturated heterocycles. The first kappa shape index (κ1) is 21.4. The molecule has 0 radical (unpaired) electrons. The molecule has 0 unspecified atom stereocenters. The van der Waals surface area contributed by atoms with Gasteiger partial charge in [0.05, 0.1) is 12.4 Å². The normalized spacial score (nSPS) is 21.3. The SMILES string of the molecule is C[C@H]1[C@@H](CF)CN1C(=O)c1c(Br)[nH]n2c(=O)cc(-c3ccc(CC4CCCC4)cc3)nc12. The lowest BCUT2D eigenvalue weighted by Gasteiger charge is -2.45. The first-order valence-electron chi connectivity index (χ1n) is 11.2. The van der Waals surface area contributed by atoms with Gasteiger partial charge in [-0.15, -0.1) is 0 Å². The van der Waals surface area contributed by atoms with Gasteiger partial charge >= 0.3 is 0 Å². The van der Waals surface area contributed by atoms with Crippen molar-refractivity contribution in [2.24, 2.45) is 11.8 Å². The molecule has 5 rings (SSSR count). The third-order valence-electron chi connectivity index (χ3n) is 7.10. The maximum atomic E-state index is 13.2. The second kappa shape index (κ2) is 8.46. The maximum absolute atomic E-state index is 13.2. The lowest BCUT2D eigenvalue weighted by atomic mass is 9.90. The lowest BCUT2D eigenvalue weighted by molar-refractivity contribution is 0.0140. The van der Waals surface area contributed by atoms with Crippen LogP contribution in [0.3, 0.4) is 0 Å². The van der Waals surface area contributed by atoms with E-state index in [1.165, 1.54) is 41.8 Å². The summed E-state index contributed by atoms with van der Waals surface area (Å²) in [5, 5.41) is 2.88. The molecule has 1 amide bonds. The predicted octanol–water partition coefficient (Wildman–Crippen LogP) is 4.61. The number of hydrogen-bond donors (Lipinski definition) is 1. The number of amides is 1. The molecule has 2 aromatic heterocycles. The number of aromatic nitrogens is 3. The Morgan fingerprint density at radius 3 is 2.62 bits per heavy atom. The number of halogens is 2. The van der Waals surface area contributed by atoms with Crippen molar-refractivity contribution in [3.05, 3.63) is 56.4 Å². The molecule has 1 N–H and O–H groups in total. The summed E-state index contributed by atoms with van der Waals surface area (Å²) < 4.78 is 14.7. The van der Waals surface area contributed by atoms with Gasteiger partial charge in [-0.05, 0) is 40.8 Å². The molecule has 32 heavy (non-hydrogen) atoms. The standard InChI is InChI=1S/C24H26BrFN4O2/c1-14-18(12-26)13-29(14)24(32)21-22(25)28-30-20(31)11-19(27-23(21)30)17-8-6-16(7-9-17)10-15-4-2-3-5-15/h6-9,11,14-15,18,28H,2-5,10,12-13H2,1H3/t14-,18-/m0/s1. The number of carbonyl (C=O) groups is 1. The van der Waals surface area contributed by atoms with E-state index < -0.39 is 6.67 Å². The van der Waals surface area contributed by atoms with Crippen molar-refractivity contribution in [2.45, 2.75) is 45.1 Å². The molecule has 168 valence electrons. The highest BCUT2D eigenvalue weighted by Crippen LogP contribution is 2.31. The number of nitrogens with one attached hydrogen (secondary N) is 1. The number of carbonyl (C=O) groups excluding carboxylic acids is 1. The number of H-pyrrole nitrogens is 1. The van der Waals surface area contributed by atoms with Crippen LogP contribution in [0.25, 0.3) is 16.9 Å². The number of rotatable bonds is 5. The molecule has 1 saturated carbocycles. The summed E-state index contributed by atoms with van der Waals surface area (Å²) in [5.41, 5.74) is 2.94. The second-order valence-corrected chi connectivity index (χ2v) is 9.90. The number of hydrogen-bond acceptors (Lipinski definition) is 3. The number of benzene rings is 1. The Morgan fingerprint density at radius 2 is 1.97 bits per heavy atom. The van der Waals surface area contributed by atoms with E-state index in [1.54, 1.807) is 4.90 Å². The van der Waals surface area contributed by atoms with Crippen molar-refractivity contribution in [1.29, 1.82) is 0 Å². The molecule has 8 heteroatoms. The second-order valence-electron chi connectivity index (χ2n) is 9.10. The summed E-state index contributed by atoms with van der Waals surface area (Å²) in [7, 11) is 0. The first-order valence-corrected chi connectivity index (χ1v) is 12.0. The van der Waals surface area contributed by atoms with E-state index >= 15 is 0 Å². The van der Waals surface area contributed by atoms with Crippen LogP contribution in [0.1, 0.15) is 48.5 Å². The van der Waals surface area contributed by atoms with Crippen LogP contribution in [0.2, 0.25) is 0 Å². The minimum atomic E-state index is -0.446. The first-order chi connectivity index (χ1) is 15.5. The van der Waals surface area contributed by atoms with Crippen LogP contribution in [0.5, 0.6) is 0 Å². The van der Waals surface area contributed by atoms with Gasteiger partial charge in [0.1, 0.15) is 10.2 Å². The number of alkyl halides is 1. The third-order valence-corrected chi connectivity index (χ3v) is 7.67. The fourth-order valence-corrected chi connectivity index (χ4v) is 5.51. The van der Waals surface area contributed by atoms with E-state index in [-0.39, 0.29) is 29.1 Å². The van der Waals surface area contributed by atoms with E-state index in [2.05, 4.69) is 38.1 Å². The highest BCUT2D eigenvalue weighted by molar-refractivity contribution is 9.10. The summed E-state index contributed by atoms with van der Waals surface area (Å²) >= 11 is 3.37. The molecule has 1 aromatic carbocycles. The maximum Gasteiger partial charge on any atom is 0.273 e. The Morgan fingerprint density at radius 1 is 1.25 bits per heavy atom. The molecular weight excluding hydrogens is 475 g/mol. The monoisotopic (exact) mass is 500 g/mol. The van der Waals surface area contributed by atoms with Gasteiger partial charge in [0.15, 0.2) is 5.65 Å². The van der Waals surface area contributed by atoms with Crippen molar-refractivity contribution in [3.8, 4) is 11.3 Å². The average molecular weight is 501 g/mol. The van der Waals surface area contributed by atoms with Crippen molar-refractivity contribution in [3.63, 3.8) is 0 Å². The Hall–Kier alpha value is -2.48. The number of aromatic amines is 1. The summed E-state index contributed by atoms with van der Waals surface area (Å²) in [6.07, 6.45) is 6.35. The third kappa shape index (κ3) is 3.68. The molecule has 3 aromatic rings. The zero-order chi connectivity index (χ0) is 22.4. The Bertz CT molecular complexity index is 1210. The van der Waals surface area contributed by atoms with Crippen molar-refractivity contribution < 1.29 is 9.18 Å². The Balaban J connectivity index is 1.47. The van der Waals surface area contributed by atoms with Crippen molar-refractivity contribution in [2.75, 3.05) is 13.2 Å². The number of nitrogens with zero attached hydrogens (tertiary/aromatic N) is 3. The van der Waals surface area contributed by atoms with E-state index in [1.807, 2.05) is 19.1 Å². The predicted molar refractivity (Wildman–Crippen MR) is 125 cm³/mol. The fraction of sp³-hybridized carbons (Fsp3) is 0.458. The van der Waals surface area contributed by atoms with Crippen LogP contribution in [0.15, 0.2) is 39.7 Å². The van der Waals surface area contributed by atoms with Crippen molar-refractivity contribution in [1.82, 2.24) is 19.5 Å². The van der Waals surface area contributed by atoms with Crippen LogP contribution in [-0.4, -0.2) is 44.7 Å². The van der Waals surface area contributed by atoms with Crippen LogP contribution in [0.4, 0.5) is 4.39 Å². The van der Waals surface area contributed by atoms with Gasteiger partial charge in [0, 0.05) is 30.1 Å².